The van der Waals surface area contributed by atoms with E-state index < -0.39 is 6.04 Å². The van der Waals surface area contributed by atoms with E-state index >= 15 is 0 Å². The Morgan fingerprint density at radius 2 is 2.21 bits per heavy atom. The Labute approximate surface area is 113 Å². The molecule has 0 aliphatic carbocycles. The van der Waals surface area contributed by atoms with Crippen LogP contribution < -0.4 is 5.73 Å². The first kappa shape index (κ1) is 14.0. The van der Waals surface area contributed by atoms with Gasteiger partial charge in [-0.25, -0.2) is 0 Å². The number of carbonyl (C=O) groups is 1. The number of carbonyl (C=O) groups excluding carboxylic acids is 1. The van der Waals surface area contributed by atoms with Gasteiger partial charge in [-0.1, -0.05) is 30.3 Å². The average Bonchev–Trinajstić information content (AvgIpc) is 2.47. The minimum Gasteiger partial charge on any atom is -0.394 e. The molecule has 3 N–H and O–H groups in total. The number of morpholine rings is 1. The van der Waals surface area contributed by atoms with Crippen LogP contribution in [0, 0.1) is 0 Å². The average molecular weight is 264 g/mol. The summed E-state index contributed by atoms with van der Waals surface area (Å²) in [5.74, 6) is -0.119. The first-order chi connectivity index (χ1) is 9.22. The van der Waals surface area contributed by atoms with Gasteiger partial charge >= 0.3 is 0 Å². The molecule has 1 aliphatic heterocycles. The van der Waals surface area contributed by atoms with Gasteiger partial charge < -0.3 is 20.5 Å². The number of rotatable bonds is 4. The van der Waals surface area contributed by atoms with Crippen molar-refractivity contribution in [3.05, 3.63) is 35.9 Å². The lowest BCUT2D eigenvalue weighted by Gasteiger charge is -2.36. The van der Waals surface area contributed by atoms with E-state index in [2.05, 4.69) is 0 Å². The molecule has 1 amide bonds. The fourth-order valence-electron chi connectivity index (χ4n) is 2.26. The summed E-state index contributed by atoms with van der Waals surface area (Å²) in [5.41, 5.74) is 7.02. The van der Waals surface area contributed by atoms with Crippen LogP contribution in [0.15, 0.2) is 30.3 Å². The van der Waals surface area contributed by atoms with Gasteiger partial charge in [-0.15, -0.1) is 0 Å². The van der Waals surface area contributed by atoms with Crippen LogP contribution in [0.5, 0.6) is 0 Å². The van der Waals surface area contributed by atoms with Crippen molar-refractivity contribution in [2.45, 2.75) is 18.5 Å². The number of hydrogen-bond acceptors (Lipinski definition) is 4. The number of amides is 1. The first-order valence-electron chi connectivity index (χ1n) is 6.51. The Hall–Kier alpha value is -1.43. The predicted octanol–water partition coefficient (Wildman–Crippen LogP) is -0.224. The van der Waals surface area contributed by atoms with Crippen molar-refractivity contribution < 1.29 is 14.6 Å². The maximum absolute atomic E-state index is 12.3. The van der Waals surface area contributed by atoms with Gasteiger partial charge in [0, 0.05) is 6.54 Å². The van der Waals surface area contributed by atoms with E-state index in [0.717, 1.165) is 5.56 Å². The zero-order valence-corrected chi connectivity index (χ0v) is 10.9. The van der Waals surface area contributed by atoms with Crippen LogP contribution in [0.2, 0.25) is 0 Å². The predicted molar refractivity (Wildman–Crippen MR) is 71.5 cm³/mol. The molecule has 0 bridgehead atoms. The number of benzene rings is 1. The Morgan fingerprint density at radius 3 is 2.89 bits per heavy atom. The largest absolute Gasteiger partial charge is 0.394 e. The number of nitrogens with zero attached hydrogens (tertiary/aromatic N) is 1. The molecular formula is C14H20N2O3. The van der Waals surface area contributed by atoms with E-state index in [1.165, 1.54) is 0 Å². The summed E-state index contributed by atoms with van der Waals surface area (Å²) in [7, 11) is 0. The monoisotopic (exact) mass is 264 g/mol. The van der Waals surface area contributed by atoms with E-state index in [0.29, 0.717) is 26.2 Å². The van der Waals surface area contributed by atoms with Gasteiger partial charge in [-0.2, -0.15) is 0 Å². The van der Waals surface area contributed by atoms with Crippen molar-refractivity contribution in [1.82, 2.24) is 4.90 Å². The lowest BCUT2D eigenvalue weighted by molar-refractivity contribution is -0.143. The molecule has 104 valence electrons. The third kappa shape index (κ3) is 3.53. The Bertz CT molecular complexity index is 410. The third-order valence-corrected chi connectivity index (χ3v) is 3.34. The molecule has 1 aromatic rings. The van der Waals surface area contributed by atoms with Crippen molar-refractivity contribution in [2.75, 3.05) is 26.4 Å². The van der Waals surface area contributed by atoms with Crippen molar-refractivity contribution in [2.24, 2.45) is 5.73 Å². The van der Waals surface area contributed by atoms with Crippen molar-refractivity contribution in [3.63, 3.8) is 0 Å². The minimum absolute atomic E-state index is 0.0935. The zero-order chi connectivity index (χ0) is 13.7. The molecule has 5 nitrogen and oxygen atoms in total. The Kier molecular flexibility index (Phi) is 4.90. The van der Waals surface area contributed by atoms with Crippen LogP contribution in [0.4, 0.5) is 0 Å². The van der Waals surface area contributed by atoms with Crippen LogP contribution >= 0.6 is 0 Å². The van der Waals surface area contributed by atoms with Gasteiger partial charge in [0.1, 0.15) is 0 Å². The third-order valence-electron chi connectivity index (χ3n) is 3.34. The van der Waals surface area contributed by atoms with Crippen LogP contribution in [0.3, 0.4) is 0 Å². The summed E-state index contributed by atoms with van der Waals surface area (Å²) in [6.45, 7) is 1.27. The molecule has 0 radical (unpaired) electrons. The topological polar surface area (TPSA) is 75.8 Å². The van der Waals surface area contributed by atoms with E-state index in [1.807, 2.05) is 30.3 Å². The normalized spacial score (nSPS) is 21.2. The highest BCUT2D eigenvalue weighted by molar-refractivity contribution is 5.82. The summed E-state index contributed by atoms with van der Waals surface area (Å²) >= 11 is 0. The quantitative estimate of drug-likeness (QED) is 0.788. The van der Waals surface area contributed by atoms with E-state index in [9.17, 15) is 9.90 Å². The summed E-state index contributed by atoms with van der Waals surface area (Å²) in [6.07, 6.45) is 0.509. The molecule has 1 saturated heterocycles. The lowest BCUT2D eigenvalue weighted by atomic mass is 10.0. The van der Waals surface area contributed by atoms with Crippen LogP contribution in [0.25, 0.3) is 0 Å². The molecule has 19 heavy (non-hydrogen) atoms. The fourth-order valence-corrected chi connectivity index (χ4v) is 2.26. The van der Waals surface area contributed by atoms with Crippen molar-refractivity contribution in [1.29, 1.82) is 0 Å². The maximum Gasteiger partial charge on any atom is 0.240 e. The van der Waals surface area contributed by atoms with Gasteiger partial charge in [-0.05, 0) is 12.0 Å². The molecule has 1 fully saturated rings. The molecule has 1 aliphatic rings. The second-order valence-corrected chi connectivity index (χ2v) is 4.74. The van der Waals surface area contributed by atoms with Crippen LogP contribution in [-0.4, -0.2) is 54.4 Å². The van der Waals surface area contributed by atoms with Gasteiger partial charge in [-0.3, -0.25) is 4.79 Å². The molecule has 5 heteroatoms. The standard InChI is InChI=1S/C14H20N2O3/c15-13(8-11-4-2-1-3-5-11)14(18)16-6-7-19-10-12(16)9-17/h1-5,12-13,17H,6-10,15H2/t12?,13-/m0/s1. The molecule has 0 spiro atoms. The molecule has 0 saturated carbocycles. The Morgan fingerprint density at radius 1 is 1.47 bits per heavy atom. The number of ether oxygens (including phenoxy) is 1. The molecule has 0 aromatic heterocycles. The van der Waals surface area contributed by atoms with Crippen molar-refractivity contribution >= 4 is 5.91 Å². The molecule has 2 atom stereocenters. The van der Waals surface area contributed by atoms with Crippen LogP contribution in [0.1, 0.15) is 5.56 Å². The first-order valence-corrected chi connectivity index (χ1v) is 6.51. The van der Waals surface area contributed by atoms with Crippen LogP contribution in [-0.2, 0) is 16.0 Å². The number of nitrogens with two attached hydrogens (primary N) is 1. The summed E-state index contributed by atoms with van der Waals surface area (Å²) < 4.78 is 5.26. The van der Waals surface area contributed by atoms with Gasteiger partial charge in [0.15, 0.2) is 0 Å². The summed E-state index contributed by atoms with van der Waals surface area (Å²) in [4.78, 5) is 13.9. The highest BCUT2D eigenvalue weighted by Crippen LogP contribution is 2.10. The molecule has 1 heterocycles. The molecule has 1 aromatic carbocycles. The number of aliphatic hydroxyl groups excluding tert-OH is 1. The van der Waals surface area contributed by atoms with Gasteiger partial charge in [0.2, 0.25) is 5.91 Å². The molecular weight excluding hydrogens is 244 g/mol. The molecule has 1 unspecified atom stereocenters. The fraction of sp³-hybridized carbons (Fsp3) is 0.500. The summed E-state index contributed by atoms with van der Waals surface area (Å²) in [5, 5.41) is 9.27. The lowest BCUT2D eigenvalue weighted by Crippen LogP contribution is -2.55. The number of aliphatic hydroxyl groups is 1. The van der Waals surface area contributed by atoms with Gasteiger partial charge in [0.05, 0.1) is 31.9 Å². The summed E-state index contributed by atoms with van der Waals surface area (Å²) in [6, 6.07) is 8.85. The van der Waals surface area contributed by atoms with E-state index in [4.69, 9.17) is 10.5 Å². The second kappa shape index (κ2) is 6.65. The highest BCUT2D eigenvalue weighted by atomic mass is 16.5. The van der Waals surface area contributed by atoms with Gasteiger partial charge in [0.25, 0.3) is 0 Å². The smallest absolute Gasteiger partial charge is 0.240 e. The highest BCUT2D eigenvalue weighted by Gasteiger charge is 2.29. The second-order valence-electron chi connectivity index (χ2n) is 4.74. The minimum atomic E-state index is -0.574. The van der Waals surface area contributed by atoms with Crippen molar-refractivity contribution in [3.8, 4) is 0 Å². The van der Waals surface area contributed by atoms with E-state index in [-0.39, 0.29) is 18.6 Å². The number of hydrogen-bond donors (Lipinski definition) is 2. The molecule has 2 rings (SSSR count). The van der Waals surface area contributed by atoms with E-state index in [1.54, 1.807) is 4.90 Å². The SMILES string of the molecule is N[C@@H](Cc1ccccc1)C(=O)N1CCOCC1CO. The maximum atomic E-state index is 12.3. The Balaban J connectivity index is 1.98. The zero-order valence-electron chi connectivity index (χ0n) is 10.9.